The molecule has 1 fully saturated rings. The molecule has 1 atom stereocenters. The van der Waals surface area contributed by atoms with Crippen LogP contribution in [0.5, 0.6) is 0 Å². The number of ketones is 1. The van der Waals surface area contributed by atoms with Crippen LogP contribution in [0.2, 0.25) is 0 Å². The van der Waals surface area contributed by atoms with Crippen LogP contribution in [-0.2, 0) is 9.59 Å². The molecule has 0 radical (unpaired) electrons. The van der Waals surface area contributed by atoms with Gasteiger partial charge in [0.25, 0.3) is 0 Å². The molecule has 1 aliphatic rings. The first-order valence-electron chi connectivity index (χ1n) is 3.18. The number of rotatable bonds is 1. The Balaban J connectivity index is 2.56. The molecule has 0 aromatic rings. The summed E-state index contributed by atoms with van der Waals surface area (Å²) in [5.41, 5.74) is 0. The number of aliphatic carboxylic acids is 1. The summed E-state index contributed by atoms with van der Waals surface area (Å²) in [4.78, 5) is 21.1. The number of nitrogens with one attached hydrogen (secondary N) is 1. The van der Waals surface area contributed by atoms with Crippen LogP contribution < -0.4 is 5.32 Å². The highest BCUT2D eigenvalue weighted by Gasteiger charge is 2.27. The Morgan fingerprint density at radius 2 is 2.40 bits per heavy atom. The number of carboxylic acids is 1. The van der Waals surface area contributed by atoms with Crippen LogP contribution in [0.1, 0.15) is 6.42 Å². The Morgan fingerprint density at radius 3 is 2.80 bits per heavy atom. The second-order valence-corrected chi connectivity index (χ2v) is 2.31. The molecule has 1 rings (SSSR count). The second kappa shape index (κ2) is 2.79. The van der Waals surface area contributed by atoms with Gasteiger partial charge in [-0.2, -0.15) is 0 Å². The monoisotopic (exact) mass is 143 g/mol. The average Bonchev–Trinajstić information content (AvgIpc) is 1.88. The van der Waals surface area contributed by atoms with Crippen LogP contribution in [0.4, 0.5) is 0 Å². The second-order valence-electron chi connectivity index (χ2n) is 2.31. The highest BCUT2D eigenvalue weighted by Crippen LogP contribution is 2.04. The van der Waals surface area contributed by atoms with Crippen LogP contribution in [0.3, 0.4) is 0 Å². The molecule has 1 saturated heterocycles. The third kappa shape index (κ3) is 1.33. The first-order valence-corrected chi connectivity index (χ1v) is 3.18. The molecule has 4 heteroatoms. The van der Waals surface area contributed by atoms with Gasteiger partial charge in [0.15, 0.2) is 0 Å². The molecule has 0 aromatic heterocycles. The van der Waals surface area contributed by atoms with Crippen LogP contribution >= 0.6 is 0 Å². The standard InChI is InChI=1S/C6H9NO3/c8-5-1-2-7-3-4(5)6(9)10/h4,7H,1-3H2,(H,9,10)/t4-/m0/s1. The molecule has 1 heterocycles. The molecule has 4 nitrogen and oxygen atoms in total. The van der Waals surface area contributed by atoms with E-state index in [4.69, 9.17) is 5.11 Å². The lowest BCUT2D eigenvalue weighted by Gasteiger charge is -2.17. The topological polar surface area (TPSA) is 66.4 Å². The summed E-state index contributed by atoms with van der Waals surface area (Å²) in [6.45, 7) is 0.900. The molecule has 0 unspecified atom stereocenters. The van der Waals surface area contributed by atoms with E-state index in [9.17, 15) is 9.59 Å². The summed E-state index contributed by atoms with van der Waals surface area (Å²) < 4.78 is 0. The largest absolute Gasteiger partial charge is 0.481 e. The summed E-state index contributed by atoms with van der Waals surface area (Å²) in [6, 6.07) is 0. The molecule has 0 spiro atoms. The maximum absolute atomic E-state index is 10.8. The van der Waals surface area contributed by atoms with Crippen molar-refractivity contribution in [3.05, 3.63) is 0 Å². The van der Waals surface area contributed by atoms with Crippen molar-refractivity contribution < 1.29 is 14.7 Å². The van der Waals surface area contributed by atoms with Crippen molar-refractivity contribution in [2.45, 2.75) is 6.42 Å². The number of hydrogen-bond acceptors (Lipinski definition) is 3. The number of Topliss-reactive ketones (excluding diaryl/α,β-unsaturated/α-hetero) is 1. The maximum Gasteiger partial charge on any atom is 0.315 e. The van der Waals surface area contributed by atoms with Gasteiger partial charge in [-0.25, -0.2) is 0 Å². The van der Waals surface area contributed by atoms with Crippen LogP contribution in [-0.4, -0.2) is 29.9 Å². The van der Waals surface area contributed by atoms with E-state index in [0.29, 0.717) is 13.0 Å². The summed E-state index contributed by atoms with van der Waals surface area (Å²) in [6.07, 6.45) is 0.344. The lowest BCUT2D eigenvalue weighted by Crippen LogP contribution is -2.41. The smallest absolute Gasteiger partial charge is 0.315 e. The van der Waals surface area contributed by atoms with E-state index in [2.05, 4.69) is 5.32 Å². The van der Waals surface area contributed by atoms with Gasteiger partial charge in [-0.1, -0.05) is 0 Å². The van der Waals surface area contributed by atoms with Gasteiger partial charge in [-0.3, -0.25) is 9.59 Å². The van der Waals surface area contributed by atoms with E-state index in [0.717, 1.165) is 0 Å². The SMILES string of the molecule is O=C(O)[C@H]1CNCCC1=O. The number of carboxylic acid groups (broad SMARTS) is 1. The number of piperidine rings is 1. The van der Waals surface area contributed by atoms with Gasteiger partial charge in [0.1, 0.15) is 11.7 Å². The molecule has 56 valence electrons. The van der Waals surface area contributed by atoms with Crippen molar-refractivity contribution in [3.8, 4) is 0 Å². The predicted molar refractivity (Wildman–Crippen MR) is 33.6 cm³/mol. The molecule has 2 N–H and O–H groups in total. The van der Waals surface area contributed by atoms with E-state index in [1.807, 2.05) is 0 Å². The van der Waals surface area contributed by atoms with Crippen LogP contribution in [0.25, 0.3) is 0 Å². The number of carbonyl (C=O) groups excluding carboxylic acids is 1. The van der Waals surface area contributed by atoms with E-state index in [1.165, 1.54) is 0 Å². The average molecular weight is 143 g/mol. The third-order valence-electron chi connectivity index (χ3n) is 1.58. The van der Waals surface area contributed by atoms with Gasteiger partial charge in [-0.05, 0) is 0 Å². The van der Waals surface area contributed by atoms with E-state index in [-0.39, 0.29) is 12.3 Å². The number of carbonyl (C=O) groups is 2. The Labute approximate surface area is 58.2 Å². The predicted octanol–water partition coefficient (Wildman–Crippen LogP) is -0.750. The Bertz CT molecular complexity index is 166. The zero-order chi connectivity index (χ0) is 7.56. The van der Waals surface area contributed by atoms with Crippen molar-refractivity contribution in [1.29, 1.82) is 0 Å². The minimum Gasteiger partial charge on any atom is -0.481 e. The fourth-order valence-corrected chi connectivity index (χ4v) is 0.971. The van der Waals surface area contributed by atoms with Crippen molar-refractivity contribution in [3.63, 3.8) is 0 Å². The molecule has 0 aromatic carbocycles. The van der Waals surface area contributed by atoms with Gasteiger partial charge in [-0.15, -0.1) is 0 Å². The normalized spacial score (nSPS) is 26.4. The highest BCUT2D eigenvalue weighted by atomic mass is 16.4. The summed E-state index contributed by atoms with van der Waals surface area (Å²) in [5, 5.41) is 11.3. The maximum atomic E-state index is 10.8. The molecule has 0 saturated carbocycles. The Hall–Kier alpha value is -0.900. The summed E-state index contributed by atoms with van der Waals surface area (Å²) in [5.74, 6) is -1.99. The van der Waals surface area contributed by atoms with Gasteiger partial charge in [0.05, 0.1) is 0 Å². The van der Waals surface area contributed by atoms with E-state index in [1.54, 1.807) is 0 Å². The minimum absolute atomic E-state index is 0.161. The van der Waals surface area contributed by atoms with Crippen LogP contribution in [0, 0.1) is 5.92 Å². The fraction of sp³-hybridized carbons (Fsp3) is 0.667. The molecule has 1 aliphatic heterocycles. The zero-order valence-corrected chi connectivity index (χ0v) is 5.46. The van der Waals surface area contributed by atoms with Gasteiger partial charge in [0, 0.05) is 19.5 Å². The molecular formula is C6H9NO3. The highest BCUT2D eigenvalue weighted by molar-refractivity contribution is 5.99. The summed E-state index contributed by atoms with van der Waals surface area (Å²) in [7, 11) is 0. The first-order chi connectivity index (χ1) is 4.72. The lowest BCUT2D eigenvalue weighted by molar-refractivity contribution is -0.146. The van der Waals surface area contributed by atoms with Crippen LogP contribution in [0.15, 0.2) is 0 Å². The van der Waals surface area contributed by atoms with Gasteiger partial charge >= 0.3 is 5.97 Å². The van der Waals surface area contributed by atoms with Gasteiger partial charge in [0.2, 0.25) is 0 Å². The quantitative estimate of drug-likeness (QED) is 0.474. The third-order valence-corrected chi connectivity index (χ3v) is 1.58. The van der Waals surface area contributed by atoms with Crippen molar-refractivity contribution in [2.75, 3.05) is 13.1 Å². The minimum atomic E-state index is -1.02. The molecule has 10 heavy (non-hydrogen) atoms. The zero-order valence-electron chi connectivity index (χ0n) is 5.46. The molecular weight excluding hydrogens is 134 g/mol. The van der Waals surface area contributed by atoms with Crippen molar-refractivity contribution in [1.82, 2.24) is 5.32 Å². The Kier molecular flexibility index (Phi) is 2.01. The molecule has 0 bridgehead atoms. The molecule has 0 aliphatic carbocycles. The molecule has 0 amide bonds. The van der Waals surface area contributed by atoms with Crippen molar-refractivity contribution >= 4 is 11.8 Å². The van der Waals surface area contributed by atoms with Gasteiger partial charge < -0.3 is 10.4 Å². The van der Waals surface area contributed by atoms with E-state index < -0.39 is 11.9 Å². The number of hydrogen-bond donors (Lipinski definition) is 2. The fourth-order valence-electron chi connectivity index (χ4n) is 0.971. The van der Waals surface area contributed by atoms with E-state index >= 15 is 0 Å². The Morgan fingerprint density at radius 1 is 1.70 bits per heavy atom. The first kappa shape index (κ1) is 7.21. The summed E-state index contributed by atoms with van der Waals surface area (Å²) >= 11 is 0. The van der Waals surface area contributed by atoms with Crippen molar-refractivity contribution in [2.24, 2.45) is 5.92 Å². The lowest BCUT2D eigenvalue weighted by atomic mass is 9.99.